The predicted octanol–water partition coefficient (Wildman–Crippen LogP) is 1.14. The highest BCUT2D eigenvalue weighted by molar-refractivity contribution is 7.99. The highest BCUT2D eigenvalue weighted by atomic mass is 32.2. The molecule has 110 valence electrons. The normalized spacial score (nSPS) is 19.7. The summed E-state index contributed by atoms with van der Waals surface area (Å²) in [7, 11) is -3.71. The first-order chi connectivity index (χ1) is 9.40. The van der Waals surface area contributed by atoms with E-state index in [9.17, 15) is 13.2 Å². The Kier molecular flexibility index (Phi) is 4.56. The van der Waals surface area contributed by atoms with Crippen LogP contribution in [0, 0.1) is 0 Å². The number of aromatic carboxylic acids is 1. The van der Waals surface area contributed by atoms with Crippen LogP contribution in [0.4, 0.5) is 5.69 Å². The molecule has 0 amide bonds. The summed E-state index contributed by atoms with van der Waals surface area (Å²) >= 11 is 1.71. The number of carboxylic acids is 1. The lowest BCUT2D eigenvalue weighted by atomic mass is 10.2. The Morgan fingerprint density at radius 3 is 2.75 bits per heavy atom. The monoisotopic (exact) mass is 316 g/mol. The number of nitrogens with one attached hydrogen (secondary N) is 1. The van der Waals surface area contributed by atoms with Crippen LogP contribution in [-0.4, -0.2) is 37.0 Å². The molecule has 1 aromatic carbocycles. The molecule has 0 aromatic heterocycles. The number of benzene rings is 1. The van der Waals surface area contributed by atoms with Crippen molar-refractivity contribution in [2.75, 3.05) is 17.2 Å². The largest absolute Gasteiger partial charge is 0.478 e. The van der Waals surface area contributed by atoms with Crippen LogP contribution >= 0.6 is 11.8 Å². The summed E-state index contributed by atoms with van der Waals surface area (Å²) in [5.74, 6) is 0.650. The topological polar surface area (TPSA) is 109 Å². The molecule has 4 N–H and O–H groups in total. The molecule has 0 saturated carbocycles. The highest BCUT2D eigenvalue weighted by Crippen LogP contribution is 2.23. The maximum Gasteiger partial charge on any atom is 0.335 e. The molecule has 0 bridgehead atoms. The molecule has 1 saturated heterocycles. The number of hydrogen-bond donors (Lipinski definition) is 3. The summed E-state index contributed by atoms with van der Waals surface area (Å²) in [5.41, 5.74) is 5.58. The van der Waals surface area contributed by atoms with Gasteiger partial charge in [0, 0.05) is 11.8 Å². The second-order valence-corrected chi connectivity index (χ2v) is 7.43. The molecule has 8 heteroatoms. The molecular formula is C12H16N2O4S2. The molecule has 20 heavy (non-hydrogen) atoms. The van der Waals surface area contributed by atoms with Gasteiger partial charge in [-0.1, -0.05) is 0 Å². The van der Waals surface area contributed by atoms with E-state index in [1.807, 2.05) is 0 Å². The number of nitrogen functional groups attached to an aromatic ring is 1. The van der Waals surface area contributed by atoms with Gasteiger partial charge >= 0.3 is 5.97 Å². The minimum atomic E-state index is -3.71. The van der Waals surface area contributed by atoms with Crippen molar-refractivity contribution in [3.63, 3.8) is 0 Å². The van der Waals surface area contributed by atoms with Crippen molar-refractivity contribution in [1.82, 2.24) is 4.72 Å². The predicted molar refractivity (Wildman–Crippen MR) is 78.5 cm³/mol. The van der Waals surface area contributed by atoms with Gasteiger partial charge in [-0.05, 0) is 36.8 Å². The van der Waals surface area contributed by atoms with E-state index in [0.29, 0.717) is 0 Å². The summed E-state index contributed by atoms with van der Waals surface area (Å²) in [5, 5.41) is 8.84. The second-order valence-electron chi connectivity index (χ2n) is 4.59. The highest BCUT2D eigenvalue weighted by Gasteiger charge is 2.24. The maximum atomic E-state index is 12.3. The summed E-state index contributed by atoms with van der Waals surface area (Å²) < 4.78 is 27.1. The molecule has 1 aromatic rings. The van der Waals surface area contributed by atoms with Gasteiger partial charge in [-0.2, -0.15) is 11.8 Å². The molecule has 6 nitrogen and oxygen atoms in total. The van der Waals surface area contributed by atoms with Crippen LogP contribution in [0.25, 0.3) is 0 Å². The number of hydrogen-bond acceptors (Lipinski definition) is 5. The zero-order valence-corrected chi connectivity index (χ0v) is 12.3. The van der Waals surface area contributed by atoms with Crippen LogP contribution in [0.3, 0.4) is 0 Å². The van der Waals surface area contributed by atoms with E-state index in [2.05, 4.69) is 4.72 Å². The first kappa shape index (κ1) is 15.1. The standard InChI is InChI=1S/C12H16N2O4S2/c13-10-6-8(12(15)16)3-4-11(10)20(17,18)14-9-2-1-5-19-7-9/h3-4,6,9,14H,1-2,5,7,13H2,(H,15,16). The Balaban J connectivity index is 2.22. The number of carboxylic acid groups (broad SMARTS) is 1. The van der Waals surface area contributed by atoms with Gasteiger partial charge in [-0.15, -0.1) is 0 Å². The molecule has 1 aliphatic rings. The molecule has 0 spiro atoms. The van der Waals surface area contributed by atoms with Gasteiger partial charge in [0.15, 0.2) is 0 Å². The van der Waals surface area contributed by atoms with Crippen molar-refractivity contribution in [2.24, 2.45) is 0 Å². The van der Waals surface area contributed by atoms with Gasteiger partial charge in [-0.3, -0.25) is 0 Å². The Bertz CT molecular complexity index is 610. The number of anilines is 1. The number of rotatable bonds is 4. The van der Waals surface area contributed by atoms with Crippen molar-refractivity contribution in [3.8, 4) is 0 Å². The quantitative estimate of drug-likeness (QED) is 0.719. The third kappa shape index (κ3) is 3.44. The van der Waals surface area contributed by atoms with Gasteiger partial charge in [0.1, 0.15) is 4.90 Å². The number of carbonyl (C=O) groups is 1. The minimum absolute atomic E-state index is 0.0327. The molecule has 1 unspecified atom stereocenters. The van der Waals surface area contributed by atoms with Crippen molar-refractivity contribution in [1.29, 1.82) is 0 Å². The lowest BCUT2D eigenvalue weighted by molar-refractivity contribution is 0.0697. The zero-order chi connectivity index (χ0) is 14.8. The van der Waals surface area contributed by atoms with Crippen LogP contribution < -0.4 is 10.5 Å². The zero-order valence-electron chi connectivity index (χ0n) is 10.7. The van der Waals surface area contributed by atoms with Gasteiger partial charge in [0.05, 0.1) is 11.3 Å². The number of sulfonamides is 1. The van der Waals surface area contributed by atoms with Crippen molar-refractivity contribution in [3.05, 3.63) is 23.8 Å². The summed E-state index contributed by atoms with van der Waals surface area (Å²) in [6.07, 6.45) is 1.78. The second kappa shape index (κ2) is 6.02. The van der Waals surface area contributed by atoms with Crippen LogP contribution in [0.2, 0.25) is 0 Å². The van der Waals surface area contributed by atoms with Gasteiger partial charge < -0.3 is 10.8 Å². The SMILES string of the molecule is Nc1cc(C(=O)O)ccc1S(=O)(=O)NC1CCCSC1. The van der Waals surface area contributed by atoms with Crippen LogP contribution in [0.1, 0.15) is 23.2 Å². The van der Waals surface area contributed by atoms with E-state index in [0.717, 1.165) is 30.4 Å². The van der Waals surface area contributed by atoms with E-state index < -0.39 is 16.0 Å². The number of thioether (sulfide) groups is 1. The molecule has 1 aliphatic heterocycles. The average Bonchev–Trinajstić information content (AvgIpc) is 2.38. The lowest BCUT2D eigenvalue weighted by Crippen LogP contribution is -2.38. The third-order valence-electron chi connectivity index (χ3n) is 3.03. The van der Waals surface area contributed by atoms with E-state index in [-0.39, 0.29) is 22.2 Å². The third-order valence-corrected chi connectivity index (χ3v) is 5.84. The van der Waals surface area contributed by atoms with Crippen LogP contribution in [0.5, 0.6) is 0 Å². The van der Waals surface area contributed by atoms with Gasteiger partial charge in [0.2, 0.25) is 10.0 Å². The lowest BCUT2D eigenvalue weighted by Gasteiger charge is -2.22. The summed E-state index contributed by atoms with van der Waals surface area (Å²) in [6, 6.07) is 3.53. The maximum absolute atomic E-state index is 12.3. The molecule has 0 radical (unpaired) electrons. The molecule has 0 aliphatic carbocycles. The fourth-order valence-corrected chi connectivity index (χ4v) is 4.60. The Morgan fingerprint density at radius 1 is 1.45 bits per heavy atom. The molecule has 1 heterocycles. The van der Waals surface area contributed by atoms with E-state index in [1.54, 1.807) is 11.8 Å². The minimum Gasteiger partial charge on any atom is -0.478 e. The fourth-order valence-electron chi connectivity index (χ4n) is 2.04. The summed E-state index contributed by atoms with van der Waals surface area (Å²) in [4.78, 5) is 10.7. The molecular weight excluding hydrogens is 300 g/mol. The van der Waals surface area contributed by atoms with Crippen molar-refractivity contribution < 1.29 is 18.3 Å². The fraction of sp³-hybridized carbons (Fsp3) is 0.417. The molecule has 2 rings (SSSR count). The van der Waals surface area contributed by atoms with Crippen molar-refractivity contribution >= 4 is 33.4 Å². The first-order valence-electron chi connectivity index (χ1n) is 6.13. The Hall–Kier alpha value is -1.25. The summed E-state index contributed by atoms with van der Waals surface area (Å²) in [6.45, 7) is 0. The average molecular weight is 316 g/mol. The van der Waals surface area contributed by atoms with Gasteiger partial charge in [-0.25, -0.2) is 17.9 Å². The van der Waals surface area contributed by atoms with Gasteiger partial charge in [0.25, 0.3) is 0 Å². The van der Waals surface area contributed by atoms with E-state index in [1.165, 1.54) is 12.1 Å². The van der Waals surface area contributed by atoms with E-state index >= 15 is 0 Å². The smallest absolute Gasteiger partial charge is 0.335 e. The Labute approximate surface area is 121 Å². The van der Waals surface area contributed by atoms with E-state index in [4.69, 9.17) is 10.8 Å². The molecule has 1 fully saturated rings. The van der Waals surface area contributed by atoms with Crippen LogP contribution in [-0.2, 0) is 10.0 Å². The van der Waals surface area contributed by atoms with Crippen LogP contribution in [0.15, 0.2) is 23.1 Å². The number of nitrogens with two attached hydrogens (primary N) is 1. The molecule has 1 atom stereocenters. The Morgan fingerprint density at radius 2 is 2.20 bits per heavy atom. The first-order valence-corrected chi connectivity index (χ1v) is 8.77. The van der Waals surface area contributed by atoms with Crippen molar-refractivity contribution in [2.45, 2.75) is 23.8 Å².